The first-order chi connectivity index (χ1) is 13.2. The summed E-state index contributed by atoms with van der Waals surface area (Å²) in [7, 11) is 0. The van der Waals surface area contributed by atoms with Crippen molar-refractivity contribution in [2.24, 2.45) is 5.92 Å². The summed E-state index contributed by atoms with van der Waals surface area (Å²) in [5.74, 6) is 0.541. The molecule has 0 unspecified atom stereocenters. The minimum absolute atomic E-state index is 0.0257. The monoisotopic (exact) mass is 423 g/mol. The predicted molar refractivity (Wildman–Crippen MR) is 113 cm³/mol. The maximum absolute atomic E-state index is 13.0. The Balaban J connectivity index is 1.86. The summed E-state index contributed by atoms with van der Waals surface area (Å²) in [6.07, 6.45) is 0.0514. The van der Waals surface area contributed by atoms with Crippen LogP contribution in [0.4, 0.5) is 0 Å². The first kappa shape index (κ1) is 21.1. The molecule has 2 aromatic rings. The zero-order chi connectivity index (χ0) is 20.4. The molecular formula is C20H26ClN3O3S. The number of benzene rings is 1. The molecule has 0 bridgehead atoms. The van der Waals surface area contributed by atoms with E-state index in [4.69, 9.17) is 16.3 Å². The smallest absolute Gasteiger partial charge is 0.262 e. The Kier molecular flexibility index (Phi) is 6.68. The first-order valence-electron chi connectivity index (χ1n) is 9.50. The van der Waals surface area contributed by atoms with Crippen molar-refractivity contribution in [2.45, 2.75) is 51.6 Å². The Morgan fingerprint density at radius 2 is 2.00 bits per heavy atom. The number of fused-ring (bicyclic) bond motifs is 1. The molecule has 6 nitrogen and oxygen atoms in total. The second-order valence-corrected chi connectivity index (χ2v) is 9.09. The molecule has 1 aromatic carbocycles. The van der Waals surface area contributed by atoms with Gasteiger partial charge in [0, 0.05) is 24.7 Å². The van der Waals surface area contributed by atoms with Crippen LogP contribution in [0.2, 0.25) is 5.02 Å². The van der Waals surface area contributed by atoms with E-state index in [0.717, 1.165) is 0 Å². The molecule has 2 atom stereocenters. The van der Waals surface area contributed by atoms with Gasteiger partial charge in [-0.25, -0.2) is 4.98 Å². The largest absolute Gasteiger partial charge is 0.372 e. The fourth-order valence-electron chi connectivity index (χ4n) is 3.41. The fraction of sp³-hybridized carbons (Fsp3) is 0.550. The first-order valence-corrected chi connectivity index (χ1v) is 10.9. The van der Waals surface area contributed by atoms with Gasteiger partial charge in [0.1, 0.15) is 0 Å². The zero-order valence-electron chi connectivity index (χ0n) is 16.6. The highest BCUT2D eigenvalue weighted by molar-refractivity contribution is 7.99. The second-order valence-electron chi connectivity index (χ2n) is 7.71. The van der Waals surface area contributed by atoms with Gasteiger partial charge in [-0.05, 0) is 38.0 Å². The summed E-state index contributed by atoms with van der Waals surface area (Å²) in [5.41, 5.74) is 0.458. The molecule has 3 rings (SSSR count). The Hall–Kier alpha value is -1.57. The molecule has 1 aliphatic rings. The van der Waals surface area contributed by atoms with Crippen LogP contribution in [-0.4, -0.2) is 51.4 Å². The molecule has 1 fully saturated rings. The van der Waals surface area contributed by atoms with Gasteiger partial charge in [0.05, 0.1) is 28.9 Å². The van der Waals surface area contributed by atoms with Crippen molar-refractivity contribution < 1.29 is 9.53 Å². The molecule has 0 aliphatic carbocycles. The minimum Gasteiger partial charge on any atom is -0.372 e. The van der Waals surface area contributed by atoms with E-state index >= 15 is 0 Å². The van der Waals surface area contributed by atoms with Gasteiger partial charge in [-0.3, -0.25) is 14.2 Å². The quantitative estimate of drug-likeness (QED) is 0.544. The summed E-state index contributed by atoms with van der Waals surface area (Å²) >= 11 is 7.38. The third-order valence-corrected chi connectivity index (χ3v) is 5.72. The summed E-state index contributed by atoms with van der Waals surface area (Å²) < 4.78 is 7.37. The average molecular weight is 424 g/mol. The maximum atomic E-state index is 13.0. The van der Waals surface area contributed by atoms with E-state index in [1.54, 1.807) is 22.8 Å². The van der Waals surface area contributed by atoms with E-state index in [1.807, 2.05) is 18.7 Å². The number of hydrogen-bond donors (Lipinski definition) is 0. The Morgan fingerprint density at radius 1 is 1.32 bits per heavy atom. The lowest BCUT2D eigenvalue weighted by Crippen LogP contribution is -2.48. The number of nitrogens with zero attached hydrogens (tertiary/aromatic N) is 3. The number of rotatable bonds is 5. The average Bonchev–Trinajstić information content (AvgIpc) is 2.61. The van der Waals surface area contributed by atoms with E-state index in [9.17, 15) is 9.59 Å². The van der Waals surface area contributed by atoms with Crippen LogP contribution in [0.25, 0.3) is 10.9 Å². The third-order valence-electron chi connectivity index (χ3n) is 4.53. The molecule has 1 aromatic heterocycles. The number of aromatic nitrogens is 2. The van der Waals surface area contributed by atoms with Gasteiger partial charge in [-0.2, -0.15) is 0 Å². The van der Waals surface area contributed by atoms with Crippen molar-refractivity contribution in [1.82, 2.24) is 14.5 Å². The van der Waals surface area contributed by atoms with E-state index in [2.05, 4.69) is 18.8 Å². The number of carbonyl (C=O) groups excluding carboxylic acids is 1. The van der Waals surface area contributed by atoms with Gasteiger partial charge in [-0.1, -0.05) is 37.2 Å². The summed E-state index contributed by atoms with van der Waals surface area (Å²) in [6, 6.07) is 5.10. The molecule has 0 N–H and O–H groups in total. The standard InChI is InChI=1S/C20H26ClN3O3S/c1-12(2)8-24-19(26)16-6-5-15(21)7-17(16)22-20(24)28-11-18(25)23-9-13(3)27-14(4)10-23/h5-7,12-14H,8-11H2,1-4H3/t13-,14-/m0/s1. The molecule has 8 heteroatoms. The van der Waals surface area contributed by atoms with Crippen molar-refractivity contribution in [1.29, 1.82) is 0 Å². The van der Waals surface area contributed by atoms with Crippen LogP contribution >= 0.6 is 23.4 Å². The zero-order valence-corrected chi connectivity index (χ0v) is 18.2. The molecule has 1 saturated heterocycles. The van der Waals surface area contributed by atoms with Gasteiger partial charge in [-0.15, -0.1) is 0 Å². The highest BCUT2D eigenvalue weighted by Gasteiger charge is 2.26. The van der Waals surface area contributed by atoms with Crippen molar-refractivity contribution in [3.8, 4) is 0 Å². The van der Waals surface area contributed by atoms with E-state index in [1.165, 1.54) is 11.8 Å². The number of carbonyl (C=O) groups is 1. The molecular weight excluding hydrogens is 398 g/mol. The Labute approximate surface area is 174 Å². The topological polar surface area (TPSA) is 64.4 Å². The normalized spacial score (nSPS) is 20.1. The van der Waals surface area contributed by atoms with Crippen LogP contribution in [0, 0.1) is 5.92 Å². The molecule has 0 spiro atoms. The van der Waals surface area contributed by atoms with Gasteiger partial charge >= 0.3 is 0 Å². The molecule has 1 amide bonds. The van der Waals surface area contributed by atoms with Crippen molar-refractivity contribution >= 4 is 40.2 Å². The van der Waals surface area contributed by atoms with Crippen molar-refractivity contribution in [2.75, 3.05) is 18.8 Å². The van der Waals surface area contributed by atoms with Gasteiger partial charge < -0.3 is 9.64 Å². The van der Waals surface area contributed by atoms with E-state index < -0.39 is 0 Å². The van der Waals surface area contributed by atoms with Crippen LogP contribution in [-0.2, 0) is 16.1 Å². The summed E-state index contributed by atoms with van der Waals surface area (Å²) in [4.78, 5) is 32.2. The maximum Gasteiger partial charge on any atom is 0.262 e. The molecule has 152 valence electrons. The highest BCUT2D eigenvalue weighted by Crippen LogP contribution is 2.22. The van der Waals surface area contributed by atoms with Crippen molar-refractivity contribution in [3.63, 3.8) is 0 Å². The van der Waals surface area contributed by atoms with Gasteiger partial charge in [0.15, 0.2) is 5.16 Å². The molecule has 0 saturated carbocycles. The molecule has 0 radical (unpaired) electrons. The number of hydrogen-bond acceptors (Lipinski definition) is 5. The number of morpholine rings is 1. The second kappa shape index (κ2) is 8.84. The number of ether oxygens (including phenoxy) is 1. The lowest BCUT2D eigenvalue weighted by Gasteiger charge is -2.35. The summed E-state index contributed by atoms with van der Waals surface area (Å²) in [6.45, 7) is 9.76. The fourth-order valence-corrected chi connectivity index (χ4v) is 4.49. The number of halogens is 1. The van der Waals surface area contributed by atoms with Crippen LogP contribution < -0.4 is 5.56 Å². The van der Waals surface area contributed by atoms with Gasteiger partial charge in [0.2, 0.25) is 5.91 Å². The van der Waals surface area contributed by atoms with Crippen LogP contribution in [0.5, 0.6) is 0 Å². The van der Waals surface area contributed by atoms with Gasteiger partial charge in [0.25, 0.3) is 5.56 Å². The number of amides is 1. The molecule has 2 heterocycles. The Bertz CT molecular complexity index is 921. The van der Waals surface area contributed by atoms with Crippen LogP contribution in [0.15, 0.2) is 28.2 Å². The van der Waals surface area contributed by atoms with Crippen LogP contribution in [0.1, 0.15) is 27.7 Å². The highest BCUT2D eigenvalue weighted by atomic mass is 35.5. The van der Waals surface area contributed by atoms with E-state index in [0.29, 0.717) is 40.7 Å². The summed E-state index contributed by atoms with van der Waals surface area (Å²) in [5, 5.41) is 1.62. The molecule has 1 aliphatic heterocycles. The van der Waals surface area contributed by atoms with Crippen molar-refractivity contribution in [3.05, 3.63) is 33.6 Å². The SMILES string of the molecule is CC(C)Cn1c(SCC(=O)N2C[C@H](C)O[C@@H](C)C2)nc2cc(Cl)ccc2c1=O. The lowest BCUT2D eigenvalue weighted by atomic mass is 10.2. The Morgan fingerprint density at radius 3 is 2.64 bits per heavy atom. The predicted octanol–water partition coefficient (Wildman–Crippen LogP) is 3.43. The lowest BCUT2D eigenvalue weighted by molar-refractivity contribution is -0.140. The number of thioether (sulfide) groups is 1. The third kappa shape index (κ3) is 4.88. The minimum atomic E-state index is -0.0982. The molecule has 28 heavy (non-hydrogen) atoms. The van der Waals surface area contributed by atoms with E-state index in [-0.39, 0.29) is 35.3 Å². The van der Waals surface area contributed by atoms with Crippen LogP contribution in [0.3, 0.4) is 0 Å².